The summed E-state index contributed by atoms with van der Waals surface area (Å²) in [5.74, 6) is 0. The first-order valence-electron chi connectivity index (χ1n) is 4.82. The van der Waals surface area contributed by atoms with Crippen molar-refractivity contribution in [1.82, 2.24) is 4.90 Å². The lowest BCUT2D eigenvalue weighted by Crippen LogP contribution is -2.12. The van der Waals surface area contributed by atoms with Crippen molar-refractivity contribution in [1.29, 1.82) is 0 Å². The molecule has 76 valence electrons. The van der Waals surface area contributed by atoms with Crippen LogP contribution in [0.5, 0.6) is 0 Å². The molecule has 0 unspecified atom stereocenters. The van der Waals surface area contributed by atoms with Crippen molar-refractivity contribution in [2.24, 2.45) is 0 Å². The minimum Gasteiger partial charge on any atom is -0.385 e. The molecular weight excluding hydrogens is 150 g/mol. The fourth-order valence-corrected chi connectivity index (χ4v) is 0.678. The SMILES string of the molecule is CCCCCN(C)C.CCOC. The average molecular weight is 175 g/mol. The van der Waals surface area contributed by atoms with E-state index in [4.69, 9.17) is 0 Å². The number of hydrogen-bond donors (Lipinski definition) is 0. The predicted molar refractivity (Wildman–Crippen MR) is 55.6 cm³/mol. The van der Waals surface area contributed by atoms with E-state index in [9.17, 15) is 0 Å². The van der Waals surface area contributed by atoms with Crippen molar-refractivity contribution < 1.29 is 4.74 Å². The minimum absolute atomic E-state index is 0.819. The highest BCUT2D eigenvalue weighted by Gasteiger charge is 1.86. The number of hydrogen-bond acceptors (Lipinski definition) is 2. The summed E-state index contributed by atoms with van der Waals surface area (Å²) >= 11 is 0. The summed E-state index contributed by atoms with van der Waals surface area (Å²) in [6.07, 6.45) is 4.05. The van der Waals surface area contributed by atoms with E-state index in [1.807, 2.05) is 6.92 Å². The summed E-state index contributed by atoms with van der Waals surface area (Å²) in [5, 5.41) is 0. The van der Waals surface area contributed by atoms with E-state index in [0.717, 1.165) is 6.61 Å². The molecule has 0 N–H and O–H groups in total. The van der Waals surface area contributed by atoms with Crippen molar-refractivity contribution in [2.45, 2.75) is 33.1 Å². The van der Waals surface area contributed by atoms with Crippen LogP contribution in [0.2, 0.25) is 0 Å². The van der Waals surface area contributed by atoms with Crippen molar-refractivity contribution in [2.75, 3.05) is 34.4 Å². The molecule has 0 amide bonds. The van der Waals surface area contributed by atoms with Gasteiger partial charge in [-0.1, -0.05) is 19.8 Å². The van der Waals surface area contributed by atoms with Gasteiger partial charge in [-0.3, -0.25) is 0 Å². The lowest BCUT2D eigenvalue weighted by atomic mass is 10.2. The summed E-state index contributed by atoms with van der Waals surface area (Å²) in [5.41, 5.74) is 0. The summed E-state index contributed by atoms with van der Waals surface area (Å²) in [6.45, 7) is 6.25. The van der Waals surface area contributed by atoms with Gasteiger partial charge in [0.05, 0.1) is 0 Å². The van der Waals surface area contributed by atoms with E-state index in [1.54, 1.807) is 7.11 Å². The minimum atomic E-state index is 0.819. The van der Waals surface area contributed by atoms with Gasteiger partial charge < -0.3 is 9.64 Å². The van der Waals surface area contributed by atoms with Gasteiger partial charge in [-0.25, -0.2) is 0 Å². The Morgan fingerprint density at radius 2 is 1.58 bits per heavy atom. The molecule has 12 heavy (non-hydrogen) atoms. The van der Waals surface area contributed by atoms with E-state index in [-0.39, 0.29) is 0 Å². The molecule has 0 saturated heterocycles. The lowest BCUT2D eigenvalue weighted by molar-refractivity contribution is 0.215. The van der Waals surface area contributed by atoms with Crippen LogP contribution in [-0.4, -0.2) is 39.3 Å². The molecule has 0 aromatic carbocycles. The first kappa shape index (κ1) is 14.4. The van der Waals surface area contributed by atoms with E-state index in [2.05, 4.69) is 30.7 Å². The normalized spacial score (nSPS) is 9.50. The maximum Gasteiger partial charge on any atom is 0.0433 e. The molecule has 0 fully saturated rings. The van der Waals surface area contributed by atoms with Crippen molar-refractivity contribution in [3.8, 4) is 0 Å². The van der Waals surface area contributed by atoms with E-state index in [1.165, 1.54) is 25.8 Å². The standard InChI is InChI=1S/C7H17N.C3H8O/c1-4-5-6-7-8(2)3;1-3-4-2/h4-7H2,1-3H3;3H2,1-2H3. The van der Waals surface area contributed by atoms with Crippen LogP contribution < -0.4 is 0 Å². The number of nitrogens with zero attached hydrogens (tertiary/aromatic N) is 1. The summed E-state index contributed by atoms with van der Waals surface area (Å²) in [4.78, 5) is 2.23. The molecule has 0 aromatic heterocycles. The van der Waals surface area contributed by atoms with Gasteiger partial charge in [0.25, 0.3) is 0 Å². The molecule has 0 rings (SSSR count). The molecule has 0 spiro atoms. The Kier molecular flexibility index (Phi) is 16.3. The monoisotopic (exact) mass is 175 g/mol. The fourth-order valence-electron chi connectivity index (χ4n) is 0.678. The van der Waals surface area contributed by atoms with Gasteiger partial charge in [-0.05, 0) is 34.0 Å². The van der Waals surface area contributed by atoms with Gasteiger partial charge in [0.2, 0.25) is 0 Å². The van der Waals surface area contributed by atoms with Crippen molar-refractivity contribution >= 4 is 0 Å². The average Bonchev–Trinajstić information content (AvgIpc) is 2.05. The van der Waals surface area contributed by atoms with Crippen LogP contribution in [-0.2, 0) is 4.74 Å². The maximum absolute atomic E-state index is 4.54. The van der Waals surface area contributed by atoms with Crippen LogP contribution in [0.25, 0.3) is 0 Å². The lowest BCUT2D eigenvalue weighted by Gasteiger charge is -2.06. The molecule has 2 nitrogen and oxygen atoms in total. The van der Waals surface area contributed by atoms with Gasteiger partial charge in [0, 0.05) is 13.7 Å². The molecule has 0 aliphatic carbocycles. The number of methoxy groups -OCH3 is 1. The molecule has 0 aliphatic rings. The van der Waals surface area contributed by atoms with Crippen LogP contribution in [0.3, 0.4) is 0 Å². The van der Waals surface area contributed by atoms with Gasteiger partial charge >= 0.3 is 0 Å². The Morgan fingerprint density at radius 3 is 1.83 bits per heavy atom. The second-order valence-corrected chi connectivity index (χ2v) is 3.09. The fraction of sp³-hybridized carbons (Fsp3) is 1.00. The summed E-state index contributed by atoms with van der Waals surface area (Å²) < 4.78 is 4.54. The highest BCUT2D eigenvalue weighted by atomic mass is 16.5. The van der Waals surface area contributed by atoms with Crippen LogP contribution in [0.15, 0.2) is 0 Å². The molecule has 0 saturated carbocycles. The third-order valence-corrected chi connectivity index (χ3v) is 1.50. The number of rotatable bonds is 5. The molecule has 0 aliphatic heterocycles. The Labute approximate surface area is 77.9 Å². The van der Waals surface area contributed by atoms with Crippen molar-refractivity contribution in [3.63, 3.8) is 0 Å². The number of unbranched alkanes of at least 4 members (excludes halogenated alkanes) is 2. The topological polar surface area (TPSA) is 12.5 Å². The second-order valence-electron chi connectivity index (χ2n) is 3.09. The molecule has 0 atom stereocenters. The second kappa shape index (κ2) is 13.5. The van der Waals surface area contributed by atoms with E-state index >= 15 is 0 Å². The van der Waals surface area contributed by atoms with Gasteiger partial charge in [0.15, 0.2) is 0 Å². The largest absolute Gasteiger partial charge is 0.385 e. The zero-order valence-electron chi connectivity index (χ0n) is 9.39. The van der Waals surface area contributed by atoms with E-state index in [0.29, 0.717) is 0 Å². The molecule has 0 aromatic rings. The zero-order chi connectivity index (χ0) is 9.82. The molecule has 0 radical (unpaired) electrons. The van der Waals surface area contributed by atoms with Gasteiger partial charge in [-0.2, -0.15) is 0 Å². The third kappa shape index (κ3) is 22.5. The van der Waals surface area contributed by atoms with Crippen LogP contribution >= 0.6 is 0 Å². The summed E-state index contributed by atoms with van der Waals surface area (Å²) in [6, 6.07) is 0. The molecule has 0 heterocycles. The Hall–Kier alpha value is -0.0800. The Bertz CT molecular complexity index is 62.9. The summed E-state index contributed by atoms with van der Waals surface area (Å²) in [7, 11) is 5.92. The quantitative estimate of drug-likeness (QED) is 0.595. The molecule has 2 heteroatoms. The van der Waals surface area contributed by atoms with E-state index < -0.39 is 0 Å². The maximum atomic E-state index is 4.54. The first-order valence-corrected chi connectivity index (χ1v) is 4.82. The van der Waals surface area contributed by atoms with Crippen molar-refractivity contribution in [3.05, 3.63) is 0 Å². The van der Waals surface area contributed by atoms with Crippen LogP contribution in [0, 0.1) is 0 Å². The third-order valence-electron chi connectivity index (χ3n) is 1.50. The highest BCUT2D eigenvalue weighted by molar-refractivity contribution is 4.42. The molecular formula is C10H25NO. The zero-order valence-corrected chi connectivity index (χ0v) is 9.39. The Balaban J connectivity index is 0. The highest BCUT2D eigenvalue weighted by Crippen LogP contribution is 1.93. The first-order chi connectivity index (χ1) is 5.68. The van der Waals surface area contributed by atoms with Gasteiger partial charge in [-0.15, -0.1) is 0 Å². The van der Waals surface area contributed by atoms with Gasteiger partial charge in [0.1, 0.15) is 0 Å². The predicted octanol–water partition coefficient (Wildman–Crippen LogP) is 2.39. The Morgan fingerprint density at radius 1 is 1.08 bits per heavy atom. The molecule has 0 bridgehead atoms. The number of ether oxygens (including phenoxy) is 1. The van der Waals surface area contributed by atoms with Crippen LogP contribution in [0.4, 0.5) is 0 Å². The van der Waals surface area contributed by atoms with Crippen LogP contribution in [0.1, 0.15) is 33.1 Å². The smallest absolute Gasteiger partial charge is 0.0433 e.